The van der Waals surface area contributed by atoms with Gasteiger partial charge in [0.15, 0.2) is 0 Å². The van der Waals surface area contributed by atoms with Crippen molar-refractivity contribution < 1.29 is 4.79 Å². The molecule has 1 saturated heterocycles. The molecule has 0 bridgehead atoms. The second-order valence-corrected chi connectivity index (χ2v) is 4.95. The molecule has 0 aromatic heterocycles. The highest BCUT2D eigenvalue weighted by molar-refractivity contribution is 5.94. The van der Waals surface area contributed by atoms with Crippen LogP contribution in [0.15, 0.2) is 24.3 Å². The number of carbonyl (C=O) groups is 1. The van der Waals surface area contributed by atoms with E-state index in [-0.39, 0.29) is 5.91 Å². The average molecular weight is 247 g/mol. The first-order valence-corrected chi connectivity index (χ1v) is 6.46. The zero-order chi connectivity index (χ0) is 13.0. The van der Waals surface area contributed by atoms with Crippen LogP contribution < -0.4 is 10.6 Å². The number of amides is 1. The lowest BCUT2D eigenvalue weighted by Gasteiger charge is -2.25. The van der Waals surface area contributed by atoms with Gasteiger partial charge in [0.25, 0.3) is 5.91 Å². The Hall–Kier alpha value is -1.55. The minimum atomic E-state index is 0.0453. The van der Waals surface area contributed by atoms with Crippen LogP contribution in [-0.4, -0.2) is 44.0 Å². The van der Waals surface area contributed by atoms with Crippen LogP contribution in [0.1, 0.15) is 23.2 Å². The number of rotatable bonds is 3. The zero-order valence-corrected chi connectivity index (χ0v) is 11.1. The van der Waals surface area contributed by atoms with Gasteiger partial charge in [0.2, 0.25) is 0 Å². The van der Waals surface area contributed by atoms with Gasteiger partial charge >= 0.3 is 0 Å². The maximum atomic E-state index is 11.9. The van der Waals surface area contributed by atoms with Crippen molar-refractivity contribution in [1.82, 2.24) is 10.2 Å². The van der Waals surface area contributed by atoms with Gasteiger partial charge in [-0.1, -0.05) is 6.07 Å². The fraction of sp³-hybridized carbons (Fsp3) is 0.500. The second-order valence-electron chi connectivity index (χ2n) is 4.95. The summed E-state index contributed by atoms with van der Waals surface area (Å²) in [4.78, 5) is 13.5. The Morgan fingerprint density at radius 1 is 1.33 bits per heavy atom. The van der Waals surface area contributed by atoms with E-state index in [1.54, 1.807) is 19.0 Å². The summed E-state index contributed by atoms with van der Waals surface area (Å²) in [5.41, 5.74) is 1.77. The smallest absolute Gasteiger partial charge is 0.253 e. The Bertz CT molecular complexity index is 411. The molecule has 0 atom stereocenters. The van der Waals surface area contributed by atoms with Gasteiger partial charge in [-0.3, -0.25) is 4.79 Å². The third-order valence-corrected chi connectivity index (χ3v) is 3.23. The number of anilines is 1. The summed E-state index contributed by atoms with van der Waals surface area (Å²) in [6.07, 6.45) is 2.26. The zero-order valence-electron chi connectivity index (χ0n) is 11.1. The quantitative estimate of drug-likeness (QED) is 0.852. The largest absolute Gasteiger partial charge is 0.382 e. The van der Waals surface area contributed by atoms with E-state index in [2.05, 4.69) is 10.6 Å². The molecule has 0 unspecified atom stereocenters. The van der Waals surface area contributed by atoms with Crippen molar-refractivity contribution in [2.45, 2.75) is 18.9 Å². The molecular weight excluding hydrogens is 226 g/mol. The van der Waals surface area contributed by atoms with Crippen LogP contribution in [0.2, 0.25) is 0 Å². The second kappa shape index (κ2) is 5.87. The molecule has 0 saturated carbocycles. The Morgan fingerprint density at radius 2 is 2.06 bits per heavy atom. The van der Waals surface area contributed by atoms with Crippen molar-refractivity contribution in [3.63, 3.8) is 0 Å². The Morgan fingerprint density at radius 3 is 2.72 bits per heavy atom. The van der Waals surface area contributed by atoms with Gasteiger partial charge in [0.05, 0.1) is 0 Å². The number of carbonyl (C=O) groups excluding carboxylic acids is 1. The molecule has 98 valence electrons. The minimum Gasteiger partial charge on any atom is -0.382 e. The summed E-state index contributed by atoms with van der Waals surface area (Å²) >= 11 is 0. The van der Waals surface area contributed by atoms with Gasteiger partial charge in [0, 0.05) is 31.4 Å². The number of nitrogens with one attached hydrogen (secondary N) is 2. The molecule has 18 heavy (non-hydrogen) atoms. The molecule has 0 aliphatic carbocycles. The van der Waals surface area contributed by atoms with Crippen molar-refractivity contribution in [3.8, 4) is 0 Å². The van der Waals surface area contributed by atoms with Crippen LogP contribution in [-0.2, 0) is 0 Å². The standard InChI is InChI=1S/C14H21N3O/c1-17(2)14(18)11-4-3-5-13(10-11)16-12-6-8-15-9-7-12/h3-5,10,12,15-16H,6-9H2,1-2H3. The van der Waals surface area contributed by atoms with Gasteiger partial charge in [-0.05, 0) is 44.1 Å². The van der Waals surface area contributed by atoms with Crippen LogP contribution >= 0.6 is 0 Å². The molecule has 1 amide bonds. The van der Waals surface area contributed by atoms with E-state index in [1.165, 1.54) is 0 Å². The number of hydrogen-bond acceptors (Lipinski definition) is 3. The molecule has 1 aliphatic heterocycles. The molecule has 0 radical (unpaired) electrons. The number of nitrogens with zero attached hydrogens (tertiary/aromatic N) is 1. The maximum Gasteiger partial charge on any atom is 0.253 e. The van der Waals surface area contributed by atoms with Crippen LogP contribution in [0.25, 0.3) is 0 Å². The molecule has 0 spiro atoms. The predicted octanol–water partition coefficient (Wildman–Crippen LogP) is 1.55. The molecule has 1 aliphatic rings. The first kappa shape index (κ1) is 12.9. The van der Waals surface area contributed by atoms with Gasteiger partial charge in [-0.25, -0.2) is 0 Å². The summed E-state index contributed by atoms with van der Waals surface area (Å²) in [5.74, 6) is 0.0453. The van der Waals surface area contributed by atoms with Gasteiger partial charge in [0.1, 0.15) is 0 Å². The SMILES string of the molecule is CN(C)C(=O)c1cccc(NC2CCNCC2)c1. The van der Waals surface area contributed by atoms with E-state index < -0.39 is 0 Å². The molecule has 4 heteroatoms. The first-order chi connectivity index (χ1) is 8.66. The van der Waals surface area contributed by atoms with Gasteiger partial charge < -0.3 is 15.5 Å². The summed E-state index contributed by atoms with van der Waals surface area (Å²) in [7, 11) is 3.55. The molecule has 2 N–H and O–H groups in total. The highest BCUT2D eigenvalue weighted by Crippen LogP contribution is 2.16. The summed E-state index contributed by atoms with van der Waals surface area (Å²) in [5, 5.41) is 6.85. The predicted molar refractivity (Wildman–Crippen MR) is 74.0 cm³/mol. The normalized spacial score (nSPS) is 16.3. The van der Waals surface area contributed by atoms with E-state index in [4.69, 9.17) is 0 Å². The van der Waals surface area contributed by atoms with Crippen molar-refractivity contribution in [2.24, 2.45) is 0 Å². The Balaban J connectivity index is 2.04. The van der Waals surface area contributed by atoms with E-state index >= 15 is 0 Å². The summed E-state index contributed by atoms with van der Waals surface area (Å²) in [6.45, 7) is 2.13. The number of hydrogen-bond donors (Lipinski definition) is 2. The van der Waals surface area contributed by atoms with Crippen molar-refractivity contribution >= 4 is 11.6 Å². The molecular formula is C14H21N3O. The van der Waals surface area contributed by atoms with Crippen LogP contribution in [0.5, 0.6) is 0 Å². The van der Waals surface area contributed by atoms with Crippen LogP contribution in [0.4, 0.5) is 5.69 Å². The molecule has 1 fully saturated rings. The van der Waals surface area contributed by atoms with E-state index in [9.17, 15) is 4.79 Å². The third kappa shape index (κ3) is 3.23. The van der Waals surface area contributed by atoms with Crippen LogP contribution in [0.3, 0.4) is 0 Å². The lowest BCUT2D eigenvalue weighted by molar-refractivity contribution is 0.0827. The minimum absolute atomic E-state index is 0.0453. The van der Waals surface area contributed by atoms with Gasteiger partial charge in [-0.15, -0.1) is 0 Å². The van der Waals surface area contributed by atoms with E-state index in [0.717, 1.165) is 37.2 Å². The monoisotopic (exact) mass is 247 g/mol. The van der Waals surface area contributed by atoms with Gasteiger partial charge in [-0.2, -0.15) is 0 Å². The highest BCUT2D eigenvalue weighted by atomic mass is 16.2. The molecule has 1 heterocycles. The maximum absolute atomic E-state index is 11.9. The van der Waals surface area contributed by atoms with E-state index in [1.807, 2.05) is 24.3 Å². The van der Waals surface area contributed by atoms with Crippen molar-refractivity contribution in [1.29, 1.82) is 0 Å². The molecule has 4 nitrogen and oxygen atoms in total. The number of benzene rings is 1. The first-order valence-electron chi connectivity index (χ1n) is 6.46. The van der Waals surface area contributed by atoms with Crippen molar-refractivity contribution in [2.75, 3.05) is 32.5 Å². The highest BCUT2D eigenvalue weighted by Gasteiger charge is 2.13. The fourth-order valence-corrected chi connectivity index (χ4v) is 2.20. The number of piperidine rings is 1. The molecule has 2 rings (SSSR count). The Labute approximate surface area is 108 Å². The third-order valence-electron chi connectivity index (χ3n) is 3.23. The molecule has 1 aromatic carbocycles. The van der Waals surface area contributed by atoms with Crippen LogP contribution in [0, 0.1) is 0 Å². The summed E-state index contributed by atoms with van der Waals surface area (Å²) < 4.78 is 0. The lowest BCUT2D eigenvalue weighted by Crippen LogP contribution is -2.35. The lowest BCUT2D eigenvalue weighted by atomic mass is 10.1. The van der Waals surface area contributed by atoms with Crippen molar-refractivity contribution in [3.05, 3.63) is 29.8 Å². The topological polar surface area (TPSA) is 44.4 Å². The average Bonchev–Trinajstić information content (AvgIpc) is 2.39. The summed E-state index contributed by atoms with van der Waals surface area (Å²) in [6, 6.07) is 8.26. The van der Waals surface area contributed by atoms with E-state index in [0.29, 0.717) is 6.04 Å². The Kier molecular flexibility index (Phi) is 4.20. The fourth-order valence-electron chi connectivity index (χ4n) is 2.20. The molecule has 1 aromatic rings.